The third-order valence-corrected chi connectivity index (χ3v) is 2.39. The lowest BCUT2D eigenvalue weighted by Crippen LogP contribution is -2.09. The number of allylic oxidation sites excluding steroid dienone is 5. The SMILES string of the molecule is C=C/C(=C\C=C/C)[C@H](CC)C(C)C. The van der Waals surface area contributed by atoms with Gasteiger partial charge in [0.2, 0.25) is 0 Å². The standard InChI is InChI=1S/C13H22/c1-6-9-10-12(7-2)13(8-3)11(4)5/h6-7,9-11,13H,2,8H2,1,3-5H3/b9-6-,12-10+/t13-/m1/s1. The molecule has 0 aliphatic heterocycles. The van der Waals surface area contributed by atoms with Crippen LogP contribution in [0, 0.1) is 11.8 Å². The minimum Gasteiger partial charge on any atom is -0.0988 e. The first-order valence-electron chi connectivity index (χ1n) is 5.12. The van der Waals surface area contributed by atoms with E-state index in [0.717, 1.165) is 0 Å². The molecule has 0 radical (unpaired) electrons. The van der Waals surface area contributed by atoms with Gasteiger partial charge in [-0.3, -0.25) is 0 Å². The Morgan fingerprint density at radius 3 is 2.31 bits per heavy atom. The Hall–Kier alpha value is -0.780. The first-order chi connectivity index (χ1) is 6.17. The van der Waals surface area contributed by atoms with E-state index in [2.05, 4.69) is 45.6 Å². The van der Waals surface area contributed by atoms with Gasteiger partial charge in [0.05, 0.1) is 0 Å². The Morgan fingerprint density at radius 1 is 1.38 bits per heavy atom. The van der Waals surface area contributed by atoms with Crippen LogP contribution in [0.25, 0.3) is 0 Å². The van der Waals surface area contributed by atoms with Crippen LogP contribution < -0.4 is 0 Å². The van der Waals surface area contributed by atoms with Crippen molar-refractivity contribution in [1.29, 1.82) is 0 Å². The quantitative estimate of drug-likeness (QED) is 0.549. The monoisotopic (exact) mass is 178 g/mol. The lowest BCUT2D eigenvalue weighted by atomic mass is 9.86. The Labute approximate surface area is 83.0 Å². The van der Waals surface area contributed by atoms with E-state index in [4.69, 9.17) is 0 Å². The van der Waals surface area contributed by atoms with Crippen LogP contribution in [0.1, 0.15) is 34.1 Å². The lowest BCUT2D eigenvalue weighted by Gasteiger charge is -2.19. The van der Waals surface area contributed by atoms with Crippen LogP contribution in [0.15, 0.2) is 36.5 Å². The molecule has 1 atom stereocenters. The van der Waals surface area contributed by atoms with Crippen LogP contribution in [0.2, 0.25) is 0 Å². The topological polar surface area (TPSA) is 0 Å². The predicted octanol–water partition coefficient (Wildman–Crippen LogP) is 4.36. The molecule has 0 bridgehead atoms. The van der Waals surface area contributed by atoms with Crippen LogP contribution in [0.4, 0.5) is 0 Å². The zero-order valence-electron chi connectivity index (χ0n) is 9.38. The van der Waals surface area contributed by atoms with E-state index >= 15 is 0 Å². The normalized spacial score (nSPS) is 15.3. The number of hydrogen-bond acceptors (Lipinski definition) is 0. The number of rotatable bonds is 5. The van der Waals surface area contributed by atoms with Crippen molar-refractivity contribution in [3.05, 3.63) is 36.5 Å². The Balaban J connectivity index is 4.61. The van der Waals surface area contributed by atoms with Crippen molar-refractivity contribution in [3.8, 4) is 0 Å². The molecule has 0 N–H and O–H groups in total. The number of hydrogen-bond donors (Lipinski definition) is 0. The second-order valence-electron chi connectivity index (χ2n) is 3.66. The van der Waals surface area contributed by atoms with Gasteiger partial charge in [-0.25, -0.2) is 0 Å². The molecular weight excluding hydrogens is 156 g/mol. The zero-order valence-corrected chi connectivity index (χ0v) is 9.38. The van der Waals surface area contributed by atoms with Gasteiger partial charge < -0.3 is 0 Å². The van der Waals surface area contributed by atoms with Crippen LogP contribution in [0.5, 0.6) is 0 Å². The van der Waals surface area contributed by atoms with Crippen molar-refractivity contribution >= 4 is 0 Å². The molecule has 74 valence electrons. The summed E-state index contributed by atoms with van der Waals surface area (Å²) in [6.07, 6.45) is 9.47. The summed E-state index contributed by atoms with van der Waals surface area (Å²) in [7, 11) is 0. The highest BCUT2D eigenvalue weighted by Crippen LogP contribution is 2.24. The largest absolute Gasteiger partial charge is 0.0988 e. The molecular formula is C13H22. The van der Waals surface area contributed by atoms with Crippen LogP contribution >= 0.6 is 0 Å². The van der Waals surface area contributed by atoms with Crippen molar-refractivity contribution in [2.24, 2.45) is 11.8 Å². The fourth-order valence-corrected chi connectivity index (χ4v) is 1.64. The molecule has 0 unspecified atom stereocenters. The molecule has 0 saturated carbocycles. The molecule has 0 heteroatoms. The van der Waals surface area contributed by atoms with E-state index in [1.807, 2.05) is 13.0 Å². The molecule has 0 nitrogen and oxygen atoms in total. The summed E-state index contributed by atoms with van der Waals surface area (Å²) in [5.41, 5.74) is 1.36. The second kappa shape index (κ2) is 6.71. The van der Waals surface area contributed by atoms with Gasteiger partial charge in [0.15, 0.2) is 0 Å². The maximum Gasteiger partial charge on any atom is -0.0142 e. The zero-order chi connectivity index (χ0) is 10.3. The predicted molar refractivity (Wildman–Crippen MR) is 61.7 cm³/mol. The average Bonchev–Trinajstić information content (AvgIpc) is 2.11. The molecule has 0 aromatic heterocycles. The van der Waals surface area contributed by atoms with Gasteiger partial charge in [-0.2, -0.15) is 0 Å². The van der Waals surface area contributed by atoms with E-state index in [1.165, 1.54) is 12.0 Å². The summed E-state index contributed by atoms with van der Waals surface area (Å²) in [4.78, 5) is 0. The van der Waals surface area contributed by atoms with Gasteiger partial charge in [0, 0.05) is 0 Å². The maximum absolute atomic E-state index is 3.86. The maximum atomic E-state index is 3.86. The smallest absolute Gasteiger partial charge is 0.0142 e. The third kappa shape index (κ3) is 4.12. The van der Waals surface area contributed by atoms with Gasteiger partial charge in [0.1, 0.15) is 0 Å². The van der Waals surface area contributed by atoms with Crippen LogP contribution in [-0.4, -0.2) is 0 Å². The molecule has 0 aromatic carbocycles. The molecule has 0 heterocycles. The third-order valence-electron chi connectivity index (χ3n) is 2.39. The Morgan fingerprint density at radius 2 is 2.00 bits per heavy atom. The molecule has 0 amide bonds. The summed E-state index contributed by atoms with van der Waals surface area (Å²) >= 11 is 0. The molecule has 13 heavy (non-hydrogen) atoms. The van der Waals surface area contributed by atoms with Crippen molar-refractivity contribution in [2.45, 2.75) is 34.1 Å². The molecule has 0 spiro atoms. The molecule has 0 aliphatic rings. The van der Waals surface area contributed by atoms with Gasteiger partial charge in [-0.05, 0) is 30.8 Å². The minimum absolute atomic E-state index is 0.647. The van der Waals surface area contributed by atoms with Crippen molar-refractivity contribution in [2.75, 3.05) is 0 Å². The van der Waals surface area contributed by atoms with Crippen LogP contribution in [0.3, 0.4) is 0 Å². The Kier molecular flexibility index (Phi) is 6.30. The van der Waals surface area contributed by atoms with Gasteiger partial charge >= 0.3 is 0 Å². The van der Waals surface area contributed by atoms with Gasteiger partial charge in [-0.15, -0.1) is 0 Å². The summed E-state index contributed by atoms with van der Waals surface area (Å²) in [6.45, 7) is 12.7. The molecule has 0 aliphatic carbocycles. The van der Waals surface area contributed by atoms with E-state index in [0.29, 0.717) is 11.8 Å². The van der Waals surface area contributed by atoms with E-state index in [1.54, 1.807) is 0 Å². The van der Waals surface area contributed by atoms with Gasteiger partial charge in [-0.1, -0.05) is 51.7 Å². The highest BCUT2D eigenvalue weighted by atomic mass is 14.2. The molecule has 0 rings (SSSR count). The van der Waals surface area contributed by atoms with Crippen molar-refractivity contribution in [1.82, 2.24) is 0 Å². The van der Waals surface area contributed by atoms with E-state index < -0.39 is 0 Å². The Bertz CT molecular complexity index is 194. The second-order valence-corrected chi connectivity index (χ2v) is 3.66. The lowest BCUT2D eigenvalue weighted by molar-refractivity contribution is 0.438. The van der Waals surface area contributed by atoms with Crippen LogP contribution in [-0.2, 0) is 0 Å². The van der Waals surface area contributed by atoms with Crippen molar-refractivity contribution in [3.63, 3.8) is 0 Å². The first kappa shape index (κ1) is 12.2. The summed E-state index contributed by atoms with van der Waals surface area (Å²) < 4.78 is 0. The summed E-state index contributed by atoms with van der Waals surface area (Å²) in [6, 6.07) is 0. The fourth-order valence-electron chi connectivity index (χ4n) is 1.64. The van der Waals surface area contributed by atoms with Crippen molar-refractivity contribution < 1.29 is 0 Å². The summed E-state index contributed by atoms with van der Waals surface area (Å²) in [5.74, 6) is 1.34. The van der Waals surface area contributed by atoms with E-state index in [-0.39, 0.29) is 0 Å². The molecule has 0 saturated heterocycles. The fraction of sp³-hybridized carbons (Fsp3) is 0.538. The molecule has 0 aromatic rings. The van der Waals surface area contributed by atoms with E-state index in [9.17, 15) is 0 Å². The molecule has 0 fully saturated rings. The summed E-state index contributed by atoms with van der Waals surface area (Å²) in [5, 5.41) is 0. The minimum atomic E-state index is 0.647. The first-order valence-corrected chi connectivity index (χ1v) is 5.12. The average molecular weight is 178 g/mol. The van der Waals surface area contributed by atoms with Gasteiger partial charge in [0.25, 0.3) is 0 Å². The highest BCUT2D eigenvalue weighted by Gasteiger charge is 2.12. The highest BCUT2D eigenvalue weighted by molar-refractivity contribution is 5.24.